The number of aliphatic hydroxyl groups is 1. The molecule has 1 rings (SSSR count). The quantitative estimate of drug-likeness (QED) is 0.581. The van der Waals surface area contributed by atoms with E-state index in [-0.39, 0.29) is 30.8 Å². The van der Waals surface area contributed by atoms with Crippen LogP contribution in [0.25, 0.3) is 0 Å². The first-order chi connectivity index (χ1) is 8.43. The highest BCUT2D eigenvalue weighted by molar-refractivity contribution is 7.89. The topological polar surface area (TPSA) is 92.7 Å². The highest BCUT2D eigenvalue weighted by atomic mass is 32.2. The van der Waals surface area contributed by atoms with Crippen LogP contribution in [0.5, 0.6) is 0 Å². The van der Waals surface area contributed by atoms with Crippen molar-refractivity contribution in [3.63, 3.8) is 0 Å². The van der Waals surface area contributed by atoms with Crippen molar-refractivity contribution in [2.75, 3.05) is 25.5 Å². The highest BCUT2D eigenvalue weighted by Crippen LogP contribution is 2.47. The highest BCUT2D eigenvalue weighted by Gasteiger charge is 2.42. The Hall–Kier alpha value is -0.660. The normalized spacial score (nSPS) is 17.4. The first-order valence-electron chi connectivity index (χ1n) is 6.17. The second-order valence-electron chi connectivity index (χ2n) is 4.67. The lowest BCUT2D eigenvalue weighted by Gasteiger charge is -2.14. The number of sulfonamides is 1. The average molecular weight is 279 g/mol. The number of carbonyl (C=O) groups is 1. The molecule has 0 atom stereocenters. The molecule has 0 heterocycles. The summed E-state index contributed by atoms with van der Waals surface area (Å²) in [5.74, 6) is -0.750. The van der Waals surface area contributed by atoms with Crippen LogP contribution in [0.4, 0.5) is 0 Å². The van der Waals surface area contributed by atoms with E-state index in [1.54, 1.807) is 6.92 Å². The minimum Gasteiger partial charge on any atom is -0.466 e. The number of ether oxygens (including phenoxy) is 1. The first-order valence-corrected chi connectivity index (χ1v) is 7.82. The smallest absolute Gasteiger partial charge is 0.306 e. The van der Waals surface area contributed by atoms with Crippen molar-refractivity contribution in [3.05, 3.63) is 0 Å². The lowest BCUT2D eigenvalue weighted by molar-refractivity contribution is -0.142. The largest absolute Gasteiger partial charge is 0.466 e. The average Bonchev–Trinajstić information content (AvgIpc) is 3.06. The summed E-state index contributed by atoms with van der Waals surface area (Å²) in [5, 5.41) is 8.87. The van der Waals surface area contributed by atoms with Crippen LogP contribution in [-0.4, -0.2) is 45.0 Å². The molecule has 0 aromatic heterocycles. The van der Waals surface area contributed by atoms with Gasteiger partial charge in [0, 0.05) is 13.2 Å². The molecule has 0 bridgehead atoms. The molecule has 0 aromatic rings. The molecule has 1 saturated carbocycles. The molecule has 0 unspecified atom stereocenters. The van der Waals surface area contributed by atoms with Crippen LogP contribution in [0.15, 0.2) is 0 Å². The Kier molecular flexibility index (Phi) is 5.55. The van der Waals surface area contributed by atoms with Crippen molar-refractivity contribution in [2.45, 2.75) is 32.6 Å². The Morgan fingerprint density at radius 1 is 1.44 bits per heavy atom. The molecular weight excluding hydrogens is 258 g/mol. The van der Waals surface area contributed by atoms with Gasteiger partial charge in [0.05, 0.1) is 18.8 Å². The van der Waals surface area contributed by atoms with Crippen LogP contribution in [0.3, 0.4) is 0 Å². The van der Waals surface area contributed by atoms with Crippen LogP contribution >= 0.6 is 0 Å². The second kappa shape index (κ2) is 6.49. The van der Waals surface area contributed by atoms with E-state index in [0.717, 1.165) is 12.8 Å². The molecule has 1 aliphatic carbocycles. The van der Waals surface area contributed by atoms with Gasteiger partial charge in [-0.2, -0.15) is 0 Å². The molecule has 0 aromatic carbocycles. The van der Waals surface area contributed by atoms with Gasteiger partial charge in [-0.1, -0.05) is 0 Å². The van der Waals surface area contributed by atoms with E-state index in [4.69, 9.17) is 5.11 Å². The molecule has 0 spiro atoms. The minimum absolute atomic E-state index is 0.0637. The summed E-state index contributed by atoms with van der Waals surface area (Å²) >= 11 is 0. The van der Waals surface area contributed by atoms with Crippen LogP contribution in [0.1, 0.15) is 32.6 Å². The molecule has 6 nitrogen and oxygen atoms in total. The molecule has 0 saturated heterocycles. The zero-order valence-electron chi connectivity index (χ0n) is 10.6. The van der Waals surface area contributed by atoms with E-state index in [1.165, 1.54) is 0 Å². The summed E-state index contributed by atoms with van der Waals surface area (Å²) in [6.07, 6.45) is 2.37. The Morgan fingerprint density at radius 2 is 2.11 bits per heavy atom. The van der Waals surface area contributed by atoms with Gasteiger partial charge in [0.2, 0.25) is 10.0 Å². The van der Waals surface area contributed by atoms with Crippen LogP contribution in [-0.2, 0) is 19.6 Å². The molecule has 1 aliphatic rings. The standard InChI is InChI=1S/C11H21NO5S/c1-2-17-10(14)3-8-18(15,16)12-9-11(4-5-11)6-7-13/h12-13H,2-9H2,1H3. The summed E-state index contributed by atoms with van der Waals surface area (Å²) < 4.78 is 30.4. The van der Waals surface area contributed by atoms with Gasteiger partial charge in [0.25, 0.3) is 0 Å². The third-order valence-electron chi connectivity index (χ3n) is 3.15. The van der Waals surface area contributed by atoms with Gasteiger partial charge in [0.1, 0.15) is 0 Å². The fourth-order valence-corrected chi connectivity index (χ4v) is 2.82. The van der Waals surface area contributed by atoms with Crippen molar-refractivity contribution >= 4 is 16.0 Å². The molecule has 0 radical (unpaired) electrons. The number of esters is 1. The van der Waals surface area contributed by atoms with Crippen LogP contribution < -0.4 is 4.72 Å². The first kappa shape index (κ1) is 15.4. The van der Waals surface area contributed by atoms with Crippen molar-refractivity contribution < 1.29 is 23.1 Å². The molecular formula is C11H21NO5S. The van der Waals surface area contributed by atoms with Crippen LogP contribution in [0, 0.1) is 5.41 Å². The molecule has 7 heteroatoms. The fraction of sp³-hybridized carbons (Fsp3) is 0.909. The molecule has 18 heavy (non-hydrogen) atoms. The third kappa shape index (κ3) is 5.32. The van der Waals surface area contributed by atoms with Gasteiger partial charge in [-0.15, -0.1) is 0 Å². The third-order valence-corrected chi connectivity index (χ3v) is 4.47. The Morgan fingerprint density at radius 3 is 2.61 bits per heavy atom. The van der Waals surface area contributed by atoms with Crippen molar-refractivity contribution in [1.29, 1.82) is 0 Å². The lowest BCUT2D eigenvalue weighted by atomic mass is 10.0. The van der Waals surface area contributed by atoms with E-state index in [9.17, 15) is 13.2 Å². The summed E-state index contributed by atoms with van der Waals surface area (Å²) in [7, 11) is -3.44. The predicted octanol–water partition coefficient (Wildman–Crippen LogP) is 0.0216. The molecule has 0 aliphatic heterocycles. The van der Waals surface area contributed by atoms with Crippen LogP contribution in [0.2, 0.25) is 0 Å². The number of carbonyl (C=O) groups excluding carboxylic acids is 1. The SMILES string of the molecule is CCOC(=O)CCS(=O)(=O)NCC1(CCO)CC1. The number of nitrogens with one attached hydrogen (secondary N) is 1. The van der Waals surface area contributed by atoms with Gasteiger partial charge in [0.15, 0.2) is 0 Å². The summed E-state index contributed by atoms with van der Waals surface area (Å²) in [5.41, 5.74) is -0.0637. The summed E-state index contributed by atoms with van der Waals surface area (Å²) in [4.78, 5) is 11.1. The molecule has 2 N–H and O–H groups in total. The summed E-state index contributed by atoms with van der Waals surface area (Å²) in [6, 6.07) is 0. The van der Waals surface area contributed by atoms with Gasteiger partial charge in [-0.25, -0.2) is 13.1 Å². The van der Waals surface area contributed by atoms with E-state index in [0.29, 0.717) is 13.0 Å². The lowest BCUT2D eigenvalue weighted by Crippen LogP contribution is -2.33. The Labute approximate surface area is 108 Å². The zero-order valence-corrected chi connectivity index (χ0v) is 11.5. The predicted molar refractivity (Wildman–Crippen MR) is 66.4 cm³/mol. The number of hydrogen-bond acceptors (Lipinski definition) is 5. The van der Waals surface area contributed by atoms with Crippen molar-refractivity contribution in [2.24, 2.45) is 5.41 Å². The number of rotatable bonds is 9. The van der Waals surface area contributed by atoms with E-state index >= 15 is 0 Å². The monoisotopic (exact) mass is 279 g/mol. The van der Waals surface area contributed by atoms with Gasteiger partial charge in [-0.3, -0.25) is 4.79 Å². The zero-order chi connectivity index (χ0) is 13.6. The maximum absolute atomic E-state index is 11.6. The van der Waals surface area contributed by atoms with Gasteiger partial charge >= 0.3 is 5.97 Å². The fourth-order valence-electron chi connectivity index (χ4n) is 1.72. The molecule has 0 amide bonds. The maximum Gasteiger partial charge on any atom is 0.306 e. The Bertz CT molecular complexity index is 375. The Balaban J connectivity index is 2.30. The summed E-state index contributed by atoms with van der Waals surface area (Å²) in [6.45, 7) is 2.35. The molecule has 106 valence electrons. The van der Waals surface area contributed by atoms with Gasteiger partial charge in [-0.05, 0) is 31.6 Å². The van der Waals surface area contributed by atoms with E-state index in [2.05, 4.69) is 9.46 Å². The minimum atomic E-state index is -3.44. The molecule has 1 fully saturated rings. The van der Waals surface area contributed by atoms with Crippen molar-refractivity contribution in [1.82, 2.24) is 4.72 Å². The second-order valence-corrected chi connectivity index (χ2v) is 6.60. The number of aliphatic hydroxyl groups excluding tert-OH is 1. The van der Waals surface area contributed by atoms with Crippen molar-refractivity contribution in [3.8, 4) is 0 Å². The van der Waals surface area contributed by atoms with E-state index < -0.39 is 16.0 Å². The van der Waals surface area contributed by atoms with E-state index in [1.807, 2.05) is 0 Å². The number of hydrogen-bond donors (Lipinski definition) is 2. The maximum atomic E-state index is 11.6. The van der Waals surface area contributed by atoms with Gasteiger partial charge < -0.3 is 9.84 Å².